The highest BCUT2D eigenvalue weighted by Crippen LogP contribution is 2.48. The smallest absolute Gasteiger partial charge is 0.319 e. The first kappa shape index (κ1) is 24.2. The molecule has 1 aliphatic rings. The number of benzene rings is 3. The standard InChI is InChI=1S/C28H26FN3O5/c1-3-34-24-16-22-25(27-26(24)35-14-15-36-27)23(12-13-30-22)37-21-10-8-20(9-11-21)32-28(33)31-17(2)18-4-6-19(29)7-5-18/h4-13,16-17H,3,14-15H2,1-2H3,(H2,31,32,33)/t17-/m1/s1. The van der Waals surface area contributed by atoms with Crippen molar-refractivity contribution >= 4 is 22.6 Å². The number of hydrogen-bond acceptors (Lipinski definition) is 6. The number of pyridine rings is 1. The Labute approximate surface area is 213 Å². The van der Waals surface area contributed by atoms with Crippen molar-refractivity contribution < 1.29 is 28.1 Å². The highest BCUT2D eigenvalue weighted by molar-refractivity contribution is 5.95. The first-order valence-corrected chi connectivity index (χ1v) is 12.0. The second-order valence-electron chi connectivity index (χ2n) is 8.36. The number of amides is 2. The molecule has 3 aromatic carbocycles. The maximum Gasteiger partial charge on any atom is 0.319 e. The van der Waals surface area contributed by atoms with Crippen molar-refractivity contribution in [3.8, 4) is 28.7 Å². The Balaban J connectivity index is 1.30. The summed E-state index contributed by atoms with van der Waals surface area (Å²) in [6.45, 7) is 5.06. The second-order valence-corrected chi connectivity index (χ2v) is 8.36. The van der Waals surface area contributed by atoms with Crippen molar-refractivity contribution in [2.45, 2.75) is 19.9 Å². The molecule has 2 amide bonds. The second kappa shape index (κ2) is 10.6. The van der Waals surface area contributed by atoms with Gasteiger partial charge in [0, 0.05) is 18.0 Å². The van der Waals surface area contributed by atoms with Crippen molar-refractivity contribution in [1.82, 2.24) is 10.3 Å². The van der Waals surface area contributed by atoms with Crippen LogP contribution < -0.4 is 29.6 Å². The Kier molecular flexibility index (Phi) is 6.93. The van der Waals surface area contributed by atoms with Gasteiger partial charge in [-0.1, -0.05) is 12.1 Å². The fraction of sp³-hybridized carbons (Fsp3) is 0.214. The van der Waals surface area contributed by atoms with E-state index >= 15 is 0 Å². The van der Waals surface area contributed by atoms with Gasteiger partial charge in [0.2, 0.25) is 5.75 Å². The highest BCUT2D eigenvalue weighted by atomic mass is 19.1. The van der Waals surface area contributed by atoms with Crippen molar-refractivity contribution in [3.05, 3.63) is 78.2 Å². The molecule has 0 aliphatic carbocycles. The minimum Gasteiger partial charge on any atom is -0.490 e. The van der Waals surface area contributed by atoms with Gasteiger partial charge in [-0.05, 0) is 61.9 Å². The molecular weight excluding hydrogens is 477 g/mol. The van der Waals surface area contributed by atoms with E-state index in [2.05, 4.69) is 15.6 Å². The molecule has 0 unspecified atom stereocenters. The fourth-order valence-electron chi connectivity index (χ4n) is 4.05. The van der Waals surface area contributed by atoms with Crippen molar-refractivity contribution in [3.63, 3.8) is 0 Å². The number of fused-ring (bicyclic) bond motifs is 3. The molecule has 0 saturated heterocycles. The van der Waals surface area contributed by atoms with Gasteiger partial charge in [-0.25, -0.2) is 9.18 Å². The number of carbonyl (C=O) groups excluding carboxylic acids is 1. The van der Waals surface area contributed by atoms with Gasteiger partial charge in [0.25, 0.3) is 0 Å². The van der Waals surface area contributed by atoms with Crippen molar-refractivity contribution in [2.75, 3.05) is 25.1 Å². The van der Waals surface area contributed by atoms with Crippen molar-refractivity contribution in [1.29, 1.82) is 0 Å². The minimum absolute atomic E-state index is 0.288. The molecule has 0 radical (unpaired) electrons. The van der Waals surface area contributed by atoms with Gasteiger partial charge in [-0.2, -0.15) is 0 Å². The zero-order chi connectivity index (χ0) is 25.8. The molecule has 2 N–H and O–H groups in total. The third-order valence-corrected chi connectivity index (χ3v) is 5.80. The lowest BCUT2D eigenvalue weighted by Gasteiger charge is -2.23. The number of anilines is 1. The number of urea groups is 1. The number of carbonyl (C=O) groups is 1. The largest absolute Gasteiger partial charge is 0.490 e. The third kappa shape index (κ3) is 5.35. The van der Waals surface area contributed by atoms with Crippen LogP contribution in [0.15, 0.2) is 66.9 Å². The SMILES string of the molecule is CCOc1cc2nccc(Oc3ccc(NC(=O)N[C@H](C)c4ccc(F)cc4)cc3)c2c2c1OCCO2. The Morgan fingerprint density at radius 1 is 1.03 bits per heavy atom. The van der Waals surface area contributed by atoms with Crippen LogP contribution in [0.4, 0.5) is 14.9 Å². The molecule has 1 aliphatic heterocycles. The zero-order valence-electron chi connectivity index (χ0n) is 20.4. The van der Waals surface area contributed by atoms with E-state index in [1.807, 2.05) is 19.9 Å². The van der Waals surface area contributed by atoms with E-state index in [1.54, 1.807) is 48.7 Å². The molecule has 2 heterocycles. The monoisotopic (exact) mass is 503 g/mol. The number of rotatable bonds is 7. The Morgan fingerprint density at radius 2 is 1.76 bits per heavy atom. The summed E-state index contributed by atoms with van der Waals surface area (Å²) in [5, 5.41) is 6.32. The van der Waals surface area contributed by atoms with Gasteiger partial charge in [0.05, 0.1) is 23.6 Å². The number of hydrogen-bond donors (Lipinski definition) is 2. The van der Waals surface area contributed by atoms with Crippen LogP contribution in [0.5, 0.6) is 28.7 Å². The molecule has 37 heavy (non-hydrogen) atoms. The molecule has 0 spiro atoms. The molecule has 0 bridgehead atoms. The van der Waals surface area contributed by atoms with Gasteiger partial charge in [-0.15, -0.1) is 0 Å². The average Bonchev–Trinajstić information content (AvgIpc) is 2.90. The summed E-state index contributed by atoms with van der Waals surface area (Å²) < 4.78 is 36.8. The number of nitrogens with zero attached hydrogens (tertiary/aromatic N) is 1. The van der Waals surface area contributed by atoms with Gasteiger partial charge in [0.1, 0.15) is 30.5 Å². The maximum absolute atomic E-state index is 13.1. The number of nitrogens with one attached hydrogen (secondary N) is 2. The molecule has 0 fully saturated rings. The van der Waals surface area contributed by atoms with Crippen LogP contribution in [-0.4, -0.2) is 30.8 Å². The van der Waals surface area contributed by atoms with Gasteiger partial charge >= 0.3 is 6.03 Å². The zero-order valence-corrected chi connectivity index (χ0v) is 20.4. The predicted molar refractivity (Wildman–Crippen MR) is 137 cm³/mol. The lowest BCUT2D eigenvalue weighted by atomic mass is 10.1. The summed E-state index contributed by atoms with van der Waals surface area (Å²) in [4.78, 5) is 16.9. The summed E-state index contributed by atoms with van der Waals surface area (Å²) in [6.07, 6.45) is 1.66. The number of aromatic nitrogens is 1. The summed E-state index contributed by atoms with van der Waals surface area (Å²) in [7, 11) is 0. The lowest BCUT2D eigenvalue weighted by molar-refractivity contribution is 0.165. The molecule has 9 heteroatoms. The van der Waals surface area contributed by atoms with Crippen LogP contribution in [0.2, 0.25) is 0 Å². The molecule has 1 aromatic heterocycles. The topological polar surface area (TPSA) is 90.9 Å². The van der Waals surface area contributed by atoms with Gasteiger partial charge in [0.15, 0.2) is 11.5 Å². The van der Waals surface area contributed by atoms with E-state index in [1.165, 1.54) is 12.1 Å². The number of halogens is 1. The molecule has 190 valence electrons. The molecule has 4 aromatic rings. The highest BCUT2D eigenvalue weighted by Gasteiger charge is 2.24. The van der Waals surface area contributed by atoms with Crippen LogP contribution in [0.3, 0.4) is 0 Å². The summed E-state index contributed by atoms with van der Waals surface area (Å²) in [5.41, 5.74) is 2.05. The summed E-state index contributed by atoms with van der Waals surface area (Å²) >= 11 is 0. The molecule has 0 saturated carbocycles. The average molecular weight is 504 g/mol. The van der Waals surface area contributed by atoms with E-state index in [0.717, 1.165) is 5.56 Å². The van der Waals surface area contributed by atoms with E-state index in [9.17, 15) is 9.18 Å². The first-order valence-electron chi connectivity index (χ1n) is 12.0. The van der Waals surface area contributed by atoms with E-state index in [0.29, 0.717) is 65.2 Å². The third-order valence-electron chi connectivity index (χ3n) is 5.80. The van der Waals surface area contributed by atoms with Gasteiger partial charge in [-0.3, -0.25) is 4.98 Å². The minimum atomic E-state index is -0.375. The molecule has 1 atom stereocenters. The Morgan fingerprint density at radius 3 is 2.49 bits per heavy atom. The Bertz CT molecular complexity index is 1410. The fourth-order valence-corrected chi connectivity index (χ4v) is 4.05. The molecule has 8 nitrogen and oxygen atoms in total. The Hall–Kier alpha value is -4.53. The molecule has 5 rings (SSSR count). The van der Waals surface area contributed by atoms with Gasteiger partial charge < -0.3 is 29.6 Å². The van der Waals surface area contributed by atoms with Crippen LogP contribution >= 0.6 is 0 Å². The first-order chi connectivity index (χ1) is 18.0. The quantitative estimate of drug-likeness (QED) is 0.311. The predicted octanol–water partition coefficient (Wildman–Crippen LogP) is 6.22. The van der Waals surface area contributed by atoms with E-state index < -0.39 is 0 Å². The summed E-state index contributed by atoms with van der Waals surface area (Å²) in [5.74, 6) is 2.47. The lowest BCUT2D eigenvalue weighted by Crippen LogP contribution is -2.31. The molecular formula is C28H26FN3O5. The summed E-state index contributed by atoms with van der Waals surface area (Å²) in [6, 6.07) is 15.9. The van der Waals surface area contributed by atoms with Crippen LogP contribution in [0.25, 0.3) is 10.9 Å². The van der Waals surface area contributed by atoms with Crippen LogP contribution in [0, 0.1) is 5.82 Å². The normalized spacial score (nSPS) is 13.1. The van der Waals surface area contributed by atoms with Crippen LogP contribution in [-0.2, 0) is 0 Å². The van der Waals surface area contributed by atoms with E-state index in [4.69, 9.17) is 18.9 Å². The van der Waals surface area contributed by atoms with Crippen LogP contribution in [0.1, 0.15) is 25.5 Å². The maximum atomic E-state index is 13.1. The van der Waals surface area contributed by atoms with Crippen molar-refractivity contribution in [2.24, 2.45) is 0 Å². The van der Waals surface area contributed by atoms with E-state index in [-0.39, 0.29) is 17.9 Å². The number of ether oxygens (including phenoxy) is 4.